The van der Waals surface area contributed by atoms with Gasteiger partial charge in [0.25, 0.3) is 0 Å². The molecule has 2 aromatic rings. The van der Waals surface area contributed by atoms with Crippen LogP contribution in [0.15, 0.2) is 22.7 Å². The number of hydrogen-bond acceptors (Lipinski definition) is 2. The Morgan fingerprint density at radius 3 is 2.75 bits per heavy atom. The highest BCUT2D eigenvalue weighted by Crippen LogP contribution is 2.25. The van der Waals surface area contributed by atoms with Crippen LogP contribution in [0.5, 0.6) is 0 Å². The van der Waals surface area contributed by atoms with Crippen LogP contribution in [0.1, 0.15) is 5.82 Å². The third-order valence-corrected chi connectivity index (χ3v) is 3.25. The molecule has 6 heteroatoms. The fourth-order valence-electron chi connectivity index (χ4n) is 1.38. The molecule has 1 heterocycles. The zero-order chi connectivity index (χ0) is 11.7. The molecule has 1 aromatic carbocycles. The molecule has 2 rings (SSSR count). The van der Waals surface area contributed by atoms with Gasteiger partial charge in [-0.3, -0.25) is 0 Å². The molecule has 3 nitrogen and oxygen atoms in total. The summed E-state index contributed by atoms with van der Waals surface area (Å²) in [5, 5.41) is 8.54. The third kappa shape index (κ3) is 2.04. The summed E-state index contributed by atoms with van der Waals surface area (Å²) in [6, 6.07) is 4.75. The number of benzene rings is 1. The molecule has 0 fully saturated rings. The SMILES string of the molecule is Cn1c(CBr)nnc1-c1cc(Br)ccc1F. The Kier molecular flexibility index (Phi) is 3.39. The van der Waals surface area contributed by atoms with Gasteiger partial charge in [0.15, 0.2) is 5.82 Å². The van der Waals surface area contributed by atoms with E-state index in [4.69, 9.17) is 0 Å². The van der Waals surface area contributed by atoms with Gasteiger partial charge < -0.3 is 4.57 Å². The molecule has 0 amide bonds. The van der Waals surface area contributed by atoms with E-state index in [0.717, 1.165) is 10.3 Å². The van der Waals surface area contributed by atoms with Crippen molar-refractivity contribution in [2.24, 2.45) is 7.05 Å². The number of nitrogens with zero attached hydrogens (tertiary/aromatic N) is 3. The summed E-state index contributed by atoms with van der Waals surface area (Å²) in [6.07, 6.45) is 0. The highest BCUT2D eigenvalue weighted by Gasteiger charge is 2.13. The molecule has 0 bridgehead atoms. The highest BCUT2D eigenvalue weighted by atomic mass is 79.9. The second kappa shape index (κ2) is 4.63. The van der Waals surface area contributed by atoms with Crippen molar-refractivity contribution in [2.75, 3.05) is 0 Å². The Morgan fingerprint density at radius 2 is 2.12 bits per heavy atom. The lowest BCUT2D eigenvalue weighted by molar-refractivity contribution is 0.628. The standard InChI is InChI=1S/C10H8Br2FN3/c1-16-9(5-11)14-15-10(16)7-4-6(12)2-3-8(7)13/h2-4H,5H2,1H3. The summed E-state index contributed by atoms with van der Waals surface area (Å²) >= 11 is 6.61. The molecule has 0 saturated heterocycles. The van der Waals surface area contributed by atoms with Crippen molar-refractivity contribution in [3.05, 3.63) is 34.3 Å². The fourth-order valence-corrected chi connectivity index (χ4v) is 2.23. The van der Waals surface area contributed by atoms with E-state index in [1.165, 1.54) is 6.07 Å². The Bertz CT molecular complexity index is 525. The number of halogens is 3. The van der Waals surface area contributed by atoms with Gasteiger partial charge in [0.1, 0.15) is 11.6 Å². The van der Waals surface area contributed by atoms with Crippen LogP contribution < -0.4 is 0 Å². The fraction of sp³-hybridized carbons (Fsp3) is 0.200. The van der Waals surface area contributed by atoms with Crippen molar-refractivity contribution in [2.45, 2.75) is 5.33 Å². The number of alkyl halides is 1. The quantitative estimate of drug-likeness (QED) is 0.780. The Labute approximate surface area is 109 Å². The first-order valence-electron chi connectivity index (χ1n) is 4.53. The molecule has 0 aliphatic heterocycles. The van der Waals surface area contributed by atoms with Crippen molar-refractivity contribution < 1.29 is 4.39 Å². The van der Waals surface area contributed by atoms with E-state index in [2.05, 4.69) is 42.1 Å². The molecule has 0 atom stereocenters. The van der Waals surface area contributed by atoms with Gasteiger partial charge in [-0.25, -0.2) is 4.39 Å². The summed E-state index contributed by atoms with van der Waals surface area (Å²) in [5.41, 5.74) is 0.441. The van der Waals surface area contributed by atoms with Crippen molar-refractivity contribution >= 4 is 31.9 Å². The summed E-state index contributed by atoms with van der Waals surface area (Å²) in [7, 11) is 1.81. The van der Waals surface area contributed by atoms with Crippen LogP contribution in [-0.4, -0.2) is 14.8 Å². The lowest BCUT2D eigenvalue weighted by Gasteiger charge is -2.04. The summed E-state index contributed by atoms with van der Waals surface area (Å²) in [6.45, 7) is 0. The van der Waals surface area contributed by atoms with Gasteiger partial charge in [-0.1, -0.05) is 31.9 Å². The predicted molar refractivity (Wildman–Crippen MR) is 66.7 cm³/mol. The molecule has 84 valence electrons. The largest absolute Gasteiger partial charge is 0.313 e. The smallest absolute Gasteiger partial charge is 0.166 e. The lowest BCUT2D eigenvalue weighted by Crippen LogP contribution is -1.98. The molecule has 0 radical (unpaired) electrons. The second-order valence-corrected chi connectivity index (χ2v) is 4.73. The minimum atomic E-state index is -0.306. The zero-order valence-electron chi connectivity index (χ0n) is 8.41. The highest BCUT2D eigenvalue weighted by molar-refractivity contribution is 9.10. The normalized spacial score (nSPS) is 10.8. The topological polar surface area (TPSA) is 30.7 Å². The van der Waals surface area contributed by atoms with E-state index >= 15 is 0 Å². The van der Waals surface area contributed by atoms with Gasteiger partial charge in [0, 0.05) is 11.5 Å². The van der Waals surface area contributed by atoms with E-state index in [9.17, 15) is 4.39 Å². The van der Waals surface area contributed by atoms with Crippen LogP contribution in [0.4, 0.5) is 4.39 Å². The zero-order valence-corrected chi connectivity index (χ0v) is 11.6. The summed E-state index contributed by atoms with van der Waals surface area (Å²) in [4.78, 5) is 0. The maximum Gasteiger partial charge on any atom is 0.166 e. The van der Waals surface area contributed by atoms with Crippen molar-refractivity contribution in [1.29, 1.82) is 0 Å². The maximum atomic E-state index is 13.6. The van der Waals surface area contributed by atoms with E-state index in [1.54, 1.807) is 16.7 Å². The second-order valence-electron chi connectivity index (χ2n) is 3.26. The lowest BCUT2D eigenvalue weighted by atomic mass is 10.2. The van der Waals surface area contributed by atoms with E-state index in [-0.39, 0.29) is 5.82 Å². The van der Waals surface area contributed by atoms with Crippen LogP contribution in [0.2, 0.25) is 0 Å². The first kappa shape index (κ1) is 11.7. The third-order valence-electron chi connectivity index (χ3n) is 2.25. The first-order valence-corrected chi connectivity index (χ1v) is 6.44. The summed E-state index contributed by atoms with van der Waals surface area (Å²) in [5.74, 6) is 0.974. The average molecular weight is 349 g/mol. The van der Waals surface area contributed by atoms with E-state index in [1.807, 2.05) is 7.05 Å². The van der Waals surface area contributed by atoms with Crippen LogP contribution in [0, 0.1) is 5.82 Å². The van der Waals surface area contributed by atoms with Gasteiger partial charge in [-0.2, -0.15) is 0 Å². The molecule has 0 unspecified atom stereocenters. The minimum Gasteiger partial charge on any atom is -0.313 e. The van der Waals surface area contributed by atoms with Gasteiger partial charge in [0.05, 0.1) is 10.9 Å². The Morgan fingerprint density at radius 1 is 1.38 bits per heavy atom. The number of aromatic nitrogens is 3. The average Bonchev–Trinajstić information content (AvgIpc) is 2.63. The van der Waals surface area contributed by atoms with E-state index < -0.39 is 0 Å². The Balaban J connectivity index is 2.58. The van der Waals surface area contributed by atoms with Crippen molar-refractivity contribution in [3.63, 3.8) is 0 Å². The number of rotatable bonds is 2. The first-order chi connectivity index (χ1) is 7.63. The van der Waals surface area contributed by atoms with Crippen molar-refractivity contribution in [1.82, 2.24) is 14.8 Å². The van der Waals surface area contributed by atoms with Crippen molar-refractivity contribution in [3.8, 4) is 11.4 Å². The van der Waals surface area contributed by atoms with E-state index in [0.29, 0.717) is 16.7 Å². The predicted octanol–water partition coefficient (Wildman–Crippen LogP) is 3.28. The Hall–Kier alpha value is -0.750. The molecule has 0 saturated carbocycles. The van der Waals surface area contributed by atoms with Gasteiger partial charge in [0.2, 0.25) is 0 Å². The minimum absolute atomic E-state index is 0.306. The van der Waals surface area contributed by atoms with Gasteiger partial charge >= 0.3 is 0 Å². The van der Waals surface area contributed by atoms with Gasteiger partial charge in [-0.05, 0) is 18.2 Å². The molecule has 16 heavy (non-hydrogen) atoms. The molecule has 0 N–H and O–H groups in total. The molecule has 0 aliphatic rings. The maximum absolute atomic E-state index is 13.6. The molecule has 1 aromatic heterocycles. The van der Waals surface area contributed by atoms with Crippen LogP contribution in [-0.2, 0) is 12.4 Å². The molecule has 0 spiro atoms. The number of hydrogen-bond donors (Lipinski definition) is 0. The monoisotopic (exact) mass is 347 g/mol. The van der Waals surface area contributed by atoms with Crippen LogP contribution in [0.3, 0.4) is 0 Å². The van der Waals surface area contributed by atoms with Crippen LogP contribution >= 0.6 is 31.9 Å². The van der Waals surface area contributed by atoms with Gasteiger partial charge in [-0.15, -0.1) is 10.2 Å². The molecular formula is C10H8Br2FN3. The summed E-state index contributed by atoms with van der Waals surface area (Å²) < 4.78 is 16.2. The van der Waals surface area contributed by atoms with Crippen LogP contribution in [0.25, 0.3) is 11.4 Å². The molecule has 0 aliphatic carbocycles. The molecular weight excluding hydrogens is 341 g/mol.